The summed E-state index contributed by atoms with van der Waals surface area (Å²) in [6.07, 6.45) is -0.466. The first kappa shape index (κ1) is 14.5. The van der Waals surface area contributed by atoms with Crippen LogP contribution in [0.25, 0.3) is 0 Å². The van der Waals surface area contributed by atoms with Crippen LogP contribution in [0.4, 0.5) is 9.59 Å². The minimum absolute atomic E-state index is 0.223. The molecule has 0 saturated carbocycles. The fourth-order valence-electron chi connectivity index (χ4n) is 0.882. The molecule has 0 heterocycles. The molecule has 0 aliphatic rings. The Balaban J connectivity index is 3.37. The standard InChI is InChI=1S/C10H21N3O3/c1-4-16-10(15)12-6-5-11-9(14)13-7-8(2)3/h8H,4-7H2,1-3H3,(H,12,15)(H2,11,13,14). The predicted octanol–water partition coefficient (Wildman–Crippen LogP) is 0.688. The van der Waals surface area contributed by atoms with Crippen LogP contribution in [-0.2, 0) is 4.74 Å². The summed E-state index contributed by atoms with van der Waals surface area (Å²) in [4.78, 5) is 22.0. The largest absolute Gasteiger partial charge is 0.450 e. The van der Waals surface area contributed by atoms with E-state index in [1.807, 2.05) is 13.8 Å². The first-order chi connectivity index (χ1) is 7.56. The summed E-state index contributed by atoms with van der Waals surface area (Å²) < 4.78 is 4.65. The van der Waals surface area contributed by atoms with Crippen molar-refractivity contribution >= 4 is 12.1 Å². The highest BCUT2D eigenvalue weighted by Crippen LogP contribution is 1.86. The van der Waals surface area contributed by atoms with Crippen molar-refractivity contribution in [3.05, 3.63) is 0 Å². The number of hydrogen-bond donors (Lipinski definition) is 3. The number of nitrogens with one attached hydrogen (secondary N) is 3. The molecular weight excluding hydrogens is 210 g/mol. The Morgan fingerprint density at radius 1 is 1.12 bits per heavy atom. The molecule has 3 amide bonds. The number of urea groups is 1. The molecule has 94 valence electrons. The Bertz CT molecular complexity index is 219. The fraction of sp³-hybridized carbons (Fsp3) is 0.800. The van der Waals surface area contributed by atoms with Gasteiger partial charge in [-0.25, -0.2) is 9.59 Å². The highest BCUT2D eigenvalue weighted by Gasteiger charge is 2.01. The van der Waals surface area contributed by atoms with E-state index in [0.29, 0.717) is 32.2 Å². The molecule has 0 saturated heterocycles. The topological polar surface area (TPSA) is 79.5 Å². The summed E-state index contributed by atoms with van der Waals surface area (Å²) in [6.45, 7) is 7.48. The van der Waals surface area contributed by atoms with E-state index in [1.165, 1.54) is 0 Å². The summed E-state index contributed by atoms with van der Waals surface area (Å²) in [6, 6.07) is -0.223. The molecule has 0 aliphatic carbocycles. The Kier molecular flexibility index (Phi) is 8.01. The first-order valence-corrected chi connectivity index (χ1v) is 5.48. The minimum atomic E-state index is -0.466. The summed E-state index contributed by atoms with van der Waals surface area (Å²) in [7, 11) is 0. The summed E-state index contributed by atoms with van der Waals surface area (Å²) in [5.41, 5.74) is 0. The average Bonchev–Trinajstić information content (AvgIpc) is 2.22. The second-order valence-electron chi connectivity index (χ2n) is 3.68. The highest BCUT2D eigenvalue weighted by molar-refractivity contribution is 5.73. The van der Waals surface area contributed by atoms with E-state index in [2.05, 4.69) is 20.7 Å². The maximum Gasteiger partial charge on any atom is 0.407 e. The van der Waals surface area contributed by atoms with Crippen molar-refractivity contribution in [1.82, 2.24) is 16.0 Å². The fourth-order valence-corrected chi connectivity index (χ4v) is 0.882. The molecule has 0 spiro atoms. The Hall–Kier alpha value is -1.46. The van der Waals surface area contributed by atoms with Gasteiger partial charge in [-0.05, 0) is 12.8 Å². The third-order valence-corrected chi connectivity index (χ3v) is 1.63. The Labute approximate surface area is 96.1 Å². The number of ether oxygens (including phenoxy) is 1. The van der Waals surface area contributed by atoms with Gasteiger partial charge >= 0.3 is 12.1 Å². The highest BCUT2D eigenvalue weighted by atomic mass is 16.5. The summed E-state index contributed by atoms with van der Waals surface area (Å²) >= 11 is 0. The van der Waals surface area contributed by atoms with Crippen LogP contribution in [0.5, 0.6) is 0 Å². The van der Waals surface area contributed by atoms with Crippen molar-refractivity contribution in [3.8, 4) is 0 Å². The van der Waals surface area contributed by atoms with Crippen LogP contribution < -0.4 is 16.0 Å². The lowest BCUT2D eigenvalue weighted by Crippen LogP contribution is -2.41. The van der Waals surface area contributed by atoms with Crippen LogP contribution in [0.1, 0.15) is 20.8 Å². The van der Waals surface area contributed by atoms with Gasteiger partial charge in [-0.15, -0.1) is 0 Å². The van der Waals surface area contributed by atoms with Gasteiger partial charge in [-0.3, -0.25) is 0 Å². The Morgan fingerprint density at radius 2 is 1.75 bits per heavy atom. The quantitative estimate of drug-likeness (QED) is 0.588. The molecule has 0 aromatic rings. The van der Waals surface area contributed by atoms with Crippen molar-refractivity contribution in [1.29, 1.82) is 0 Å². The van der Waals surface area contributed by atoms with Crippen molar-refractivity contribution in [3.63, 3.8) is 0 Å². The molecule has 0 aliphatic heterocycles. The van der Waals surface area contributed by atoms with E-state index in [0.717, 1.165) is 0 Å². The molecule has 0 radical (unpaired) electrons. The van der Waals surface area contributed by atoms with Crippen molar-refractivity contribution < 1.29 is 14.3 Å². The van der Waals surface area contributed by atoms with Crippen LogP contribution in [0.3, 0.4) is 0 Å². The molecule has 0 unspecified atom stereocenters. The summed E-state index contributed by atoms with van der Waals surface area (Å²) in [5.74, 6) is 0.420. The molecule has 6 nitrogen and oxygen atoms in total. The average molecular weight is 231 g/mol. The molecule has 6 heteroatoms. The maximum absolute atomic E-state index is 11.2. The van der Waals surface area contributed by atoms with Gasteiger partial charge < -0.3 is 20.7 Å². The number of rotatable bonds is 6. The lowest BCUT2D eigenvalue weighted by Gasteiger charge is -2.09. The molecule has 0 atom stereocenters. The van der Waals surface area contributed by atoms with Crippen molar-refractivity contribution in [2.45, 2.75) is 20.8 Å². The number of alkyl carbamates (subject to hydrolysis) is 1. The van der Waals surface area contributed by atoms with Gasteiger partial charge in [0, 0.05) is 19.6 Å². The van der Waals surface area contributed by atoms with Gasteiger partial charge in [-0.1, -0.05) is 13.8 Å². The lowest BCUT2D eigenvalue weighted by atomic mass is 10.2. The van der Waals surface area contributed by atoms with E-state index in [-0.39, 0.29) is 6.03 Å². The smallest absolute Gasteiger partial charge is 0.407 e. The summed E-state index contributed by atoms with van der Waals surface area (Å²) in [5, 5.41) is 7.82. The van der Waals surface area contributed by atoms with Crippen LogP contribution >= 0.6 is 0 Å². The molecule has 0 fully saturated rings. The second kappa shape index (κ2) is 8.82. The van der Waals surface area contributed by atoms with Gasteiger partial charge in [0.1, 0.15) is 0 Å². The minimum Gasteiger partial charge on any atom is -0.450 e. The van der Waals surface area contributed by atoms with Gasteiger partial charge in [0.15, 0.2) is 0 Å². The van der Waals surface area contributed by atoms with Crippen LogP contribution in [0.2, 0.25) is 0 Å². The monoisotopic (exact) mass is 231 g/mol. The molecule has 16 heavy (non-hydrogen) atoms. The molecule has 3 N–H and O–H groups in total. The third kappa shape index (κ3) is 9.11. The van der Waals surface area contributed by atoms with Gasteiger partial charge in [0.25, 0.3) is 0 Å². The molecule has 0 bridgehead atoms. The van der Waals surface area contributed by atoms with E-state index < -0.39 is 6.09 Å². The number of hydrogen-bond acceptors (Lipinski definition) is 3. The van der Waals surface area contributed by atoms with E-state index in [1.54, 1.807) is 6.92 Å². The number of carbonyl (C=O) groups excluding carboxylic acids is 2. The van der Waals surface area contributed by atoms with E-state index >= 15 is 0 Å². The van der Waals surface area contributed by atoms with Crippen LogP contribution in [-0.4, -0.2) is 38.4 Å². The van der Waals surface area contributed by atoms with Gasteiger partial charge in [-0.2, -0.15) is 0 Å². The molecule has 0 aromatic carbocycles. The lowest BCUT2D eigenvalue weighted by molar-refractivity contribution is 0.152. The molecule has 0 rings (SSSR count). The van der Waals surface area contributed by atoms with Gasteiger partial charge in [0.2, 0.25) is 0 Å². The maximum atomic E-state index is 11.2. The zero-order chi connectivity index (χ0) is 12.4. The van der Waals surface area contributed by atoms with Crippen LogP contribution in [0, 0.1) is 5.92 Å². The number of amides is 3. The third-order valence-electron chi connectivity index (χ3n) is 1.63. The zero-order valence-electron chi connectivity index (χ0n) is 10.1. The van der Waals surface area contributed by atoms with Crippen molar-refractivity contribution in [2.75, 3.05) is 26.2 Å². The van der Waals surface area contributed by atoms with Crippen molar-refractivity contribution in [2.24, 2.45) is 5.92 Å². The second-order valence-corrected chi connectivity index (χ2v) is 3.68. The van der Waals surface area contributed by atoms with E-state index in [9.17, 15) is 9.59 Å². The number of carbonyl (C=O) groups is 2. The normalized spacial score (nSPS) is 9.75. The predicted molar refractivity (Wildman–Crippen MR) is 61.3 cm³/mol. The van der Waals surface area contributed by atoms with Gasteiger partial charge in [0.05, 0.1) is 6.61 Å². The zero-order valence-corrected chi connectivity index (χ0v) is 10.1. The molecular formula is C10H21N3O3. The SMILES string of the molecule is CCOC(=O)NCCNC(=O)NCC(C)C. The molecule has 0 aromatic heterocycles. The Morgan fingerprint density at radius 3 is 2.31 bits per heavy atom. The first-order valence-electron chi connectivity index (χ1n) is 5.48. The van der Waals surface area contributed by atoms with Crippen LogP contribution in [0.15, 0.2) is 0 Å². The van der Waals surface area contributed by atoms with E-state index in [4.69, 9.17) is 0 Å².